The number of hydrogen-bond donors (Lipinski definition) is 2. The quantitative estimate of drug-likeness (QED) is 0.656. The van der Waals surface area contributed by atoms with Crippen molar-refractivity contribution in [2.45, 2.75) is 12.5 Å². The van der Waals surface area contributed by atoms with Gasteiger partial charge < -0.3 is 0 Å². The van der Waals surface area contributed by atoms with E-state index in [1.54, 1.807) is 18.2 Å². The van der Waals surface area contributed by atoms with Crippen molar-refractivity contribution in [1.82, 2.24) is 5.43 Å². The van der Waals surface area contributed by atoms with Crippen molar-refractivity contribution in [1.29, 1.82) is 0 Å². The van der Waals surface area contributed by atoms with Crippen LogP contribution in [0.25, 0.3) is 0 Å². The number of hydrazine groups is 1. The lowest BCUT2D eigenvalue weighted by molar-refractivity contribution is 0.465. The van der Waals surface area contributed by atoms with E-state index in [1.807, 2.05) is 0 Å². The molecule has 0 heterocycles. The molecule has 1 unspecified atom stereocenters. The Morgan fingerprint density at radius 3 is 2.20 bits per heavy atom. The zero-order valence-electron chi connectivity index (χ0n) is 10.3. The van der Waals surface area contributed by atoms with Crippen molar-refractivity contribution >= 4 is 15.9 Å². The number of nitrogens with one attached hydrogen (secondary N) is 1. The van der Waals surface area contributed by atoms with E-state index in [2.05, 4.69) is 21.4 Å². The zero-order valence-corrected chi connectivity index (χ0v) is 11.9. The van der Waals surface area contributed by atoms with Crippen LogP contribution in [0.2, 0.25) is 0 Å². The van der Waals surface area contributed by atoms with Crippen LogP contribution in [-0.2, 0) is 6.42 Å². The summed E-state index contributed by atoms with van der Waals surface area (Å²) in [6.07, 6.45) is 0.0403. The van der Waals surface area contributed by atoms with E-state index in [0.29, 0.717) is 5.56 Å². The van der Waals surface area contributed by atoms with Crippen molar-refractivity contribution in [3.05, 3.63) is 69.4 Å². The summed E-state index contributed by atoms with van der Waals surface area (Å²) in [5, 5.41) is 0. The first-order valence-electron chi connectivity index (χ1n) is 5.87. The van der Waals surface area contributed by atoms with Crippen molar-refractivity contribution in [3.63, 3.8) is 0 Å². The molecule has 0 saturated carbocycles. The molecule has 6 heteroatoms. The molecule has 1 atom stereocenters. The maximum Gasteiger partial charge on any atom is 0.132 e. The minimum Gasteiger partial charge on any atom is -0.271 e. The van der Waals surface area contributed by atoms with Crippen LogP contribution in [0, 0.1) is 17.5 Å². The average molecular weight is 345 g/mol. The smallest absolute Gasteiger partial charge is 0.132 e. The predicted molar refractivity (Wildman–Crippen MR) is 74.2 cm³/mol. The van der Waals surface area contributed by atoms with Gasteiger partial charge in [-0.15, -0.1) is 0 Å². The van der Waals surface area contributed by atoms with E-state index in [0.717, 1.165) is 12.1 Å². The molecular formula is C14H12BrF3N2. The molecule has 0 spiro atoms. The molecule has 3 N–H and O–H groups in total. The largest absolute Gasteiger partial charge is 0.271 e. The van der Waals surface area contributed by atoms with Crippen molar-refractivity contribution in [2.75, 3.05) is 0 Å². The standard InChI is InChI=1S/C14H12BrF3N2/c15-9-6-11(17)14(12(18)7-9)13(20-19)5-8-3-1-2-4-10(8)16/h1-4,6-7,13,20H,5,19H2. The first-order chi connectivity index (χ1) is 9.52. The van der Waals surface area contributed by atoms with Gasteiger partial charge in [-0.05, 0) is 30.2 Å². The highest BCUT2D eigenvalue weighted by atomic mass is 79.9. The van der Waals surface area contributed by atoms with Gasteiger partial charge in [-0.1, -0.05) is 34.1 Å². The van der Waals surface area contributed by atoms with E-state index in [4.69, 9.17) is 5.84 Å². The van der Waals surface area contributed by atoms with Gasteiger partial charge in [-0.2, -0.15) is 0 Å². The summed E-state index contributed by atoms with van der Waals surface area (Å²) in [4.78, 5) is 0. The Labute approximate surface area is 122 Å². The highest BCUT2D eigenvalue weighted by Gasteiger charge is 2.21. The van der Waals surface area contributed by atoms with Gasteiger partial charge in [0.1, 0.15) is 17.5 Å². The second-order valence-electron chi connectivity index (χ2n) is 4.30. The number of benzene rings is 2. The first kappa shape index (κ1) is 15.0. The minimum atomic E-state index is -0.861. The Balaban J connectivity index is 2.37. The third-order valence-electron chi connectivity index (χ3n) is 2.98. The topological polar surface area (TPSA) is 38.0 Å². The summed E-state index contributed by atoms with van der Waals surface area (Å²) in [6, 6.07) is 7.46. The molecule has 0 fully saturated rings. The van der Waals surface area contributed by atoms with Gasteiger partial charge in [0.15, 0.2) is 0 Å². The number of hydrogen-bond acceptors (Lipinski definition) is 2. The van der Waals surface area contributed by atoms with Crippen LogP contribution >= 0.6 is 15.9 Å². The van der Waals surface area contributed by atoms with E-state index in [-0.39, 0.29) is 16.5 Å². The molecule has 0 amide bonds. The van der Waals surface area contributed by atoms with Crippen LogP contribution in [0.5, 0.6) is 0 Å². The zero-order chi connectivity index (χ0) is 14.7. The van der Waals surface area contributed by atoms with Gasteiger partial charge in [-0.3, -0.25) is 11.3 Å². The molecule has 20 heavy (non-hydrogen) atoms. The molecule has 2 aromatic rings. The lowest BCUT2D eigenvalue weighted by Crippen LogP contribution is -2.31. The highest BCUT2D eigenvalue weighted by Crippen LogP contribution is 2.27. The Kier molecular flexibility index (Phi) is 4.80. The summed E-state index contributed by atoms with van der Waals surface area (Å²) >= 11 is 3.00. The van der Waals surface area contributed by atoms with Crippen molar-refractivity contribution < 1.29 is 13.2 Å². The van der Waals surface area contributed by atoms with E-state index in [1.165, 1.54) is 6.07 Å². The molecule has 106 valence electrons. The van der Waals surface area contributed by atoms with Crippen LogP contribution < -0.4 is 11.3 Å². The van der Waals surface area contributed by atoms with Gasteiger partial charge in [0.25, 0.3) is 0 Å². The second kappa shape index (κ2) is 6.39. The molecular weight excluding hydrogens is 333 g/mol. The van der Waals surface area contributed by atoms with Gasteiger partial charge in [0.2, 0.25) is 0 Å². The molecule has 2 rings (SSSR count). The fourth-order valence-corrected chi connectivity index (χ4v) is 2.42. The fourth-order valence-electron chi connectivity index (χ4n) is 2.01. The Bertz CT molecular complexity index is 596. The third kappa shape index (κ3) is 3.20. The molecule has 2 aromatic carbocycles. The van der Waals surface area contributed by atoms with E-state index < -0.39 is 23.5 Å². The summed E-state index contributed by atoms with van der Waals surface area (Å²) < 4.78 is 41.7. The fraction of sp³-hybridized carbons (Fsp3) is 0.143. The minimum absolute atomic E-state index is 0.0403. The normalized spacial score (nSPS) is 12.4. The Hall–Kier alpha value is -1.37. The molecule has 2 nitrogen and oxygen atoms in total. The molecule has 0 aliphatic carbocycles. The number of halogens is 4. The lowest BCUT2D eigenvalue weighted by atomic mass is 9.98. The molecule has 0 aromatic heterocycles. The highest BCUT2D eigenvalue weighted by molar-refractivity contribution is 9.10. The maximum absolute atomic E-state index is 13.9. The van der Waals surface area contributed by atoms with Gasteiger partial charge in [0.05, 0.1) is 6.04 Å². The predicted octanol–water partition coefficient (Wildman–Crippen LogP) is 3.61. The van der Waals surface area contributed by atoms with E-state index in [9.17, 15) is 13.2 Å². The number of nitrogens with two attached hydrogens (primary N) is 1. The van der Waals surface area contributed by atoms with Crippen molar-refractivity contribution in [3.8, 4) is 0 Å². The summed E-state index contributed by atoms with van der Waals surface area (Å²) in [5.41, 5.74) is 2.45. The van der Waals surface area contributed by atoms with Crippen LogP contribution in [0.15, 0.2) is 40.9 Å². The van der Waals surface area contributed by atoms with Gasteiger partial charge >= 0.3 is 0 Å². The Morgan fingerprint density at radius 1 is 1.05 bits per heavy atom. The average Bonchev–Trinajstić information content (AvgIpc) is 2.38. The lowest BCUT2D eigenvalue weighted by Gasteiger charge is -2.18. The SMILES string of the molecule is NNC(Cc1ccccc1F)c1c(F)cc(Br)cc1F. The van der Waals surface area contributed by atoms with Gasteiger partial charge in [-0.25, -0.2) is 13.2 Å². The Morgan fingerprint density at radius 2 is 1.65 bits per heavy atom. The molecule has 0 aliphatic rings. The molecule has 0 aliphatic heterocycles. The van der Waals surface area contributed by atoms with Gasteiger partial charge in [0, 0.05) is 10.0 Å². The first-order valence-corrected chi connectivity index (χ1v) is 6.66. The summed E-state index contributed by atoms with van der Waals surface area (Å²) in [5.74, 6) is 3.44. The van der Waals surface area contributed by atoms with Crippen LogP contribution in [-0.4, -0.2) is 0 Å². The van der Waals surface area contributed by atoms with Crippen molar-refractivity contribution in [2.24, 2.45) is 5.84 Å². The molecule has 0 radical (unpaired) electrons. The van der Waals surface area contributed by atoms with Crippen LogP contribution in [0.1, 0.15) is 17.2 Å². The molecule has 0 bridgehead atoms. The third-order valence-corrected chi connectivity index (χ3v) is 3.43. The maximum atomic E-state index is 13.9. The number of rotatable bonds is 4. The van der Waals surface area contributed by atoms with Crippen LogP contribution in [0.3, 0.4) is 0 Å². The van der Waals surface area contributed by atoms with Crippen LogP contribution in [0.4, 0.5) is 13.2 Å². The second-order valence-corrected chi connectivity index (χ2v) is 5.21. The monoisotopic (exact) mass is 344 g/mol. The molecule has 0 saturated heterocycles. The van der Waals surface area contributed by atoms with E-state index >= 15 is 0 Å². The summed E-state index contributed by atoms with van der Waals surface area (Å²) in [7, 11) is 0. The summed E-state index contributed by atoms with van der Waals surface area (Å²) in [6.45, 7) is 0.